The van der Waals surface area contributed by atoms with Crippen molar-refractivity contribution in [3.8, 4) is 0 Å². The molecule has 0 aromatic heterocycles. The van der Waals surface area contributed by atoms with Gasteiger partial charge in [-0.3, -0.25) is 4.79 Å². The van der Waals surface area contributed by atoms with Gasteiger partial charge in [0, 0.05) is 23.2 Å². The molecule has 11 heteroatoms. The second-order valence-corrected chi connectivity index (χ2v) is 17.0. The predicted molar refractivity (Wildman–Crippen MR) is 171 cm³/mol. The molecule has 0 aromatic rings. The van der Waals surface area contributed by atoms with Crippen LogP contribution in [0.15, 0.2) is 23.3 Å². The summed E-state index contributed by atoms with van der Waals surface area (Å²) in [6.07, 6.45) is -6.01. The van der Waals surface area contributed by atoms with E-state index in [4.69, 9.17) is 9.47 Å². The minimum atomic E-state index is -1.65. The molecule has 1 heterocycles. The first-order valence-electron chi connectivity index (χ1n) is 17.2. The van der Waals surface area contributed by atoms with Gasteiger partial charge in [-0.05, 0) is 69.1 Å². The highest BCUT2D eigenvalue weighted by atomic mass is 16.7. The number of allylic oxidation sites excluding steroid dienone is 2. The normalized spacial score (nSPS) is 49.6. The number of aliphatic hydroxyl groups is 8. The number of Topliss-reactive ketones (excluding diaryl/α,β-unsaturated/α-hetero) is 1. The summed E-state index contributed by atoms with van der Waals surface area (Å²) in [4.78, 5) is 14.7. The second kappa shape index (κ2) is 12.2. The van der Waals surface area contributed by atoms with Crippen molar-refractivity contribution in [1.29, 1.82) is 0 Å². The Hall–Kier alpha value is -1.25. The predicted octanol–water partition coefficient (Wildman–Crippen LogP) is 1.37. The maximum Gasteiger partial charge on any atom is 0.187 e. The molecule has 0 radical (unpaired) electrons. The van der Waals surface area contributed by atoms with Gasteiger partial charge >= 0.3 is 0 Å². The van der Waals surface area contributed by atoms with Crippen LogP contribution in [0, 0.1) is 39.4 Å². The van der Waals surface area contributed by atoms with Gasteiger partial charge in [-0.2, -0.15) is 0 Å². The molecule has 4 aliphatic carbocycles. The Morgan fingerprint density at radius 2 is 1.68 bits per heavy atom. The number of rotatable bonds is 7. The van der Waals surface area contributed by atoms with Gasteiger partial charge in [0.05, 0.1) is 36.6 Å². The van der Waals surface area contributed by atoms with Crippen molar-refractivity contribution in [2.24, 2.45) is 39.4 Å². The van der Waals surface area contributed by atoms with Crippen molar-refractivity contribution >= 4 is 5.78 Å². The quantitative estimate of drug-likeness (QED) is 0.183. The van der Waals surface area contributed by atoms with Crippen molar-refractivity contribution in [2.45, 2.75) is 148 Å². The Bertz CT molecular complexity index is 1270. The molecule has 47 heavy (non-hydrogen) atoms. The lowest BCUT2D eigenvalue weighted by Gasteiger charge is -2.65. The Morgan fingerprint density at radius 3 is 2.28 bits per heavy atom. The van der Waals surface area contributed by atoms with Crippen LogP contribution in [-0.2, 0) is 14.3 Å². The van der Waals surface area contributed by atoms with E-state index in [2.05, 4.69) is 13.0 Å². The number of hydrogen-bond acceptors (Lipinski definition) is 11. The SMILES string of the molecule is CC(C)=CCC(O)[C@@](C)(O)C1[C@@H](O)C[C@]2(C)C3CC=C4C(C[C@@H](O)[C@H](O[C@H]5O[C@@H](CO)[C@H](O)[C@@H](O)[C@@H]5O)C4(C)C)[C@@]3(C)C(=O)C[C@@]12C. The molecule has 0 amide bonds. The molecule has 5 aliphatic rings. The van der Waals surface area contributed by atoms with Crippen molar-refractivity contribution in [2.75, 3.05) is 6.61 Å². The summed E-state index contributed by atoms with van der Waals surface area (Å²) < 4.78 is 11.8. The second-order valence-electron chi connectivity index (χ2n) is 17.0. The van der Waals surface area contributed by atoms with Crippen LogP contribution in [-0.4, -0.2) is 114 Å². The van der Waals surface area contributed by atoms with E-state index < -0.39 is 94.9 Å². The van der Waals surface area contributed by atoms with E-state index in [1.54, 1.807) is 6.92 Å². The smallest absolute Gasteiger partial charge is 0.187 e. The third-order valence-corrected chi connectivity index (χ3v) is 13.8. The molecule has 3 saturated carbocycles. The molecule has 5 rings (SSSR count). The Morgan fingerprint density at radius 1 is 1.04 bits per heavy atom. The van der Waals surface area contributed by atoms with Crippen LogP contribution in [0.4, 0.5) is 0 Å². The van der Waals surface area contributed by atoms with Gasteiger partial charge in [-0.1, -0.05) is 57.9 Å². The zero-order valence-electron chi connectivity index (χ0n) is 29.1. The third kappa shape index (κ3) is 5.34. The van der Waals surface area contributed by atoms with Crippen molar-refractivity contribution in [3.63, 3.8) is 0 Å². The molecule has 11 nitrogen and oxygen atoms in total. The lowest BCUT2D eigenvalue weighted by atomic mass is 9.38. The molecule has 0 spiro atoms. The van der Waals surface area contributed by atoms with Crippen molar-refractivity contribution in [3.05, 3.63) is 23.3 Å². The zero-order valence-corrected chi connectivity index (χ0v) is 29.1. The molecular weight excluding hydrogens is 608 g/mol. The monoisotopic (exact) mass is 666 g/mol. The number of hydrogen-bond donors (Lipinski definition) is 8. The maximum atomic E-state index is 14.7. The molecule has 268 valence electrons. The van der Waals surface area contributed by atoms with Crippen LogP contribution >= 0.6 is 0 Å². The summed E-state index contributed by atoms with van der Waals surface area (Å²) in [7, 11) is 0. The van der Waals surface area contributed by atoms with E-state index in [-0.39, 0.29) is 36.9 Å². The summed E-state index contributed by atoms with van der Waals surface area (Å²) in [6.45, 7) is 14.7. The molecule has 8 N–H and O–H groups in total. The van der Waals surface area contributed by atoms with Crippen molar-refractivity contribution < 1.29 is 55.1 Å². The Labute approximate surface area is 278 Å². The molecular formula is C36H58O11. The van der Waals surface area contributed by atoms with Crippen LogP contribution in [0.3, 0.4) is 0 Å². The number of ketones is 1. The Kier molecular flexibility index (Phi) is 9.62. The fourth-order valence-electron chi connectivity index (χ4n) is 11.0. The summed E-state index contributed by atoms with van der Waals surface area (Å²) in [5.41, 5.74) is -2.84. The van der Waals surface area contributed by atoms with E-state index in [9.17, 15) is 45.6 Å². The van der Waals surface area contributed by atoms with Gasteiger partial charge in [0.1, 0.15) is 30.2 Å². The van der Waals surface area contributed by atoms with E-state index in [0.29, 0.717) is 12.8 Å². The fourth-order valence-corrected chi connectivity index (χ4v) is 11.0. The molecule has 16 atom stereocenters. The zero-order chi connectivity index (χ0) is 35.2. The van der Waals surface area contributed by atoms with Crippen LogP contribution in [0.1, 0.15) is 87.5 Å². The molecule has 4 fully saturated rings. The highest BCUT2D eigenvalue weighted by Gasteiger charge is 2.74. The first-order chi connectivity index (χ1) is 21.6. The van der Waals surface area contributed by atoms with E-state index in [1.807, 2.05) is 47.6 Å². The molecule has 1 saturated heterocycles. The molecule has 0 aromatic carbocycles. The first kappa shape index (κ1) is 37.0. The lowest BCUT2D eigenvalue weighted by Crippen LogP contribution is -2.66. The van der Waals surface area contributed by atoms with Crippen molar-refractivity contribution in [1.82, 2.24) is 0 Å². The molecule has 0 bridgehead atoms. The van der Waals surface area contributed by atoms with Crippen LogP contribution in [0.5, 0.6) is 0 Å². The number of carbonyl (C=O) groups is 1. The van der Waals surface area contributed by atoms with E-state index in [0.717, 1.165) is 11.1 Å². The minimum absolute atomic E-state index is 0.00284. The average Bonchev–Trinajstić information content (AvgIpc) is 3.18. The van der Waals surface area contributed by atoms with Crippen LogP contribution < -0.4 is 0 Å². The van der Waals surface area contributed by atoms with E-state index in [1.165, 1.54) is 0 Å². The van der Waals surface area contributed by atoms with Gasteiger partial charge in [0.25, 0.3) is 0 Å². The van der Waals surface area contributed by atoms with Crippen LogP contribution in [0.2, 0.25) is 0 Å². The highest BCUT2D eigenvalue weighted by molar-refractivity contribution is 5.88. The van der Waals surface area contributed by atoms with Gasteiger partial charge in [-0.15, -0.1) is 0 Å². The highest BCUT2D eigenvalue weighted by Crippen LogP contribution is 2.74. The van der Waals surface area contributed by atoms with Gasteiger partial charge < -0.3 is 50.3 Å². The number of ether oxygens (including phenoxy) is 2. The minimum Gasteiger partial charge on any atom is -0.394 e. The molecule has 4 unspecified atom stereocenters. The maximum absolute atomic E-state index is 14.7. The number of carbonyl (C=O) groups excluding carboxylic acids is 1. The fraction of sp³-hybridized carbons (Fsp3) is 0.861. The van der Waals surface area contributed by atoms with Crippen LogP contribution in [0.25, 0.3) is 0 Å². The summed E-state index contributed by atoms with van der Waals surface area (Å²) in [5, 5.41) is 87.3. The van der Waals surface area contributed by atoms with Gasteiger partial charge in [0.2, 0.25) is 0 Å². The topological polar surface area (TPSA) is 197 Å². The number of fused-ring (bicyclic) bond motifs is 5. The van der Waals surface area contributed by atoms with Gasteiger partial charge in [0.15, 0.2) is 6.29 Å². The summed E-state index contributed by atoms with van der Waals surface area (Å²) in [6, 6.07) is 0. The standard InChI is InChI=1S/C36H58O11/c1-17(2)9-12-24(40)36(8,45)29-21(39)14-33(5)23-11-10-18-19(35(23,7)25(41)15-34(29,33)6)13-20(38)30(32(18,3)4)47-31-28(44)27(43)26(42)22(16-37)46-31/h9-10,19-24,26-31,37-40,42-45H,11-16H2,1-8H3/t19?,20-,21+,22+,23?,24?,26+,27-,28+,29?,30+,31-,33-,34+,35-,36-/m1/s1. The largest absolute Gasteiger partial charge is 0.394 e. The first-order valence-corrected chi connectivity index (χ1v) is 17.2. The molecule has 1 aliphatic heterocycles. The summed E-state index contributed by atoms with van der Waals surface area (Å²) >= 11 is 0. The van der Waals surface area contributed by atoms with Gasteiger partial charge in [-0.25, -0.2) is 0 Å². The Balaban J connectivity index is 1.48. The third-order valence-electron chi connectivity index (χ3n) is 13.8. The lowest BCUT2D eigenvalue weighted by molar-refractivity contribution is -0.327. The average molecular weight is 667 g/mol. The summed E-state index contributed by atoms with van der Waals surface area (Å²) in [5.74, 6) is -1.31. The van der Waals surface area contributed by atoms with E-state index >= 15 is 0 Å². The number of aliphatic hydroxyl groups excluding tert-OH is 7.